The summed E-state index contributed by atoms with van der Waals surface area (Å²) >= 11 is 1.55. The number of ether oxygens (including phenoxy) is 2. The molecule has 2 aromatic carbocycles. The Bertz CT molecular complexity index is 1270. The molecule has 2 aliphatic heterocycles. The third kappa shape index (κ3) is 5.71. The van der Waals surface area contributed by atoms with Crippen LogP contribution in [0.15, 0.2) is 67.0 Å². The highest BCUT2D eigenvalue weighted by Gasteiger charge is 2.46. The van der Waals surface area contributed by atoms with Gasteiger partial charge in [-0.2, -0.15) is 3.22 Å². The van der Waals surface area contributed by atoms with Crippen LogP contribution in [0.5, 0.6) is 0 Å². The second-order valence-electron chi connectivity index (χ2n) is 8.56. The van der Waals surface area contributed by atoms with E-state index in [9.17, 15) is 14.7 Å². The maximum absolute atomic E-state index is 12.8. The topological polar surface area (TPSA) is 144 Å². The third-order valence-corrected chi connectivity index (χ3v) is 6.44. The summed E-state index contributed by atoms with van der Waals surface area (Å²) in [4.78, 5) is 40.8. The lowest BCUT2D eigenvalue weighted by Gasteiger charge is -2.25. The van der Waals surface area contributed by atoms with Crippen LogP contribution >= 0.6 is 23.0 Å². The van der Waals surface area contributed by atoms with E-state index in [1.807, 2.05) is 11.0 Å². The summed E-state index contributed by atoms with van der Waals surface area (Å²) in [5.74, 6) is -0.0159. The second kappa shape index (κ2) is 12.0. The minimum absolute atomic E-state index is 0.188. The smallest absolute Gasteiger partial charge is 0.338 e. The summed E-state index contributed by atoms with van der Waals surface area (Å²) in [5, 5.41) is 16.7. The first-order valence-corrected chi connectivity index (χ1v) is 12.6. The molecule has 3 N–H and O–H groups in total. The third-order valence-electron chi connectivity index (χ3n) is 6.19. The van der Waals surface area contributed by atoms with Gasteiger partial charge in [0, 0.05) is 12.0 Å². The molecule has 1 saturated heterocycles. The summed E-state index contributed by atoms with van der Waals surface area (Å²) in [6.07, 6.45) is -1.80. The quantitative estimate of drug-likeness (QED) is 0.139. The number of aliphatic hydroxyl groups is 1. The highest BCUT2D eigenvalue weighted by Crippen LogP contribution is 2.39. The molecule has 3 heterocycles. The number of benzene rings is 2. The van der Waals surface area contributed by atoms with Crippen LogP contribution in [0.1, 0.15) is 27.1 Å². The number of nitrogens with zero attached hydrogens (tertiary/aromatic N) is 3. The van der Waals surface area contributed by atoms with E-state index >= 15 is 0 Å². The minimum atomic E-state index is -1.13. The van der Waals surface area contributed by atoms with Gasteiger partial charge < -0.3 is 30.1 Å². The van der Waals surface area contributed by atoms with Gasteiger partial charge in [-0.15, -0.1) is 0 Å². The molecule has 0 spiro atoms. The van der Waals surface area contributed by atoms with Crippen molar-refractivity contribution in [1.82, 2.24) is 9.97 Å². The van der Waals surface area contributed by atoms with Crippen molar-refractivity contribution in [3.05, 3.63) is 78.1 Å². The number of aliphatic hydroxyl groups excluding tert-OH is 1. The van der Waals surface area contributed by atoms with Crippen LogP contribution in [0.25, 0.3) is 0 Å². The summed E-state index contributed by atoms with van der Waals surface area (Å²) in [6.45, 7) is 0.106. The fourth-order valence-corrected chi connectivity index (χ4v) is 4.53. The van der Waals surface area contributed by atoms with Gasteiger partial charge in [-0.1, -0.05) is 36.4 Å². The number of hydrogen-bond acceptors (Lipinski definition) is 11. The number of carbonyl (C=O) groups is 2. The van der Waals surface area contributed by atoms with Crippen LogP contribution in [0.3, 0.4) is 0 Å². The molecule has 3 aromatic rings. The Morgan fingerprint density at radius 2 is 1.84 bits per heavy atom. The maximum Gasteiger partial charge on any atom is 0.338 e. The van der Waals surface area contributed by atoms with Crippen molar-refractivity contribution in [1.29, 1.82) is 0 Å². The number of esters is 1. The molecule has 3 unspecified atom stereocenters. The lowest BCUT2D eigenvalue weighted by molar-refractivity contribution is -0.205. The van der Waals surface area contributed by atoms with Crippen LogP contribution < -0.4 is 15.5 Å². The first-order chi connectivity index (χ1) is 18.5. The summed E-state index contributed by atoms with van der Waals surface area (Å²) in [5.41, 5.74) is 1.41. The lowest BCUT2D eigenvalue weighted by Crippen LogP contribution is -2.40. The van der Waals surface area contributed by atoms with E-state index in [0.29, 0.717) is 35.1 Å². The van der Waals surface area contributed by atoms with Gasteiger partial charge in [0.2, 0.25) is 0 Å². The normalized spacial score (nSPS) is 20.9. The maximum atomic E-state index is 12.8. The fraction of sp³-hybridized carbons (Fsp3) is 0.280. The van der Waals surface area contributed by atoms with Crippen molar-refractivity contribution in [2.24, 2.45) is 0 Å². The van der Waals surface area contributed by atoms with Crippen molar-refractivity contribution in [2.75, 3.05) is 28.8 Å². The van der Waals surface area contributed by atoms with Gasteiger partial charge in [-0.25, -0.2) is 19.7 Å². The standard InChI is InChI=1S/C25H24IN5O7/c26-38-35-12-17(32)21-18(36-25(34)16-9-5-2-6-10-16)11-19(37-21)31-14-29-20-22(27-13-28-23(20)31)30-24(33)15-7-3-1-4-8-15/h1-10,13,17-19,21,29,32H,11-12,14H2,(H,27,28,30,33)/t17?,18-,19?,21?/m1/s1. The number of rotatable bonds is 9. The summed E-state index contributed by atoms with van der Waals surface area (Å²) < 4.78 is 16.5. The van der Waals surface area contributed by atoms with Crippen LogP contribution in [0, 0.1) is 0 Å². The molecule has 12 nitrogen and oxygen atoms in total. The Hall–Kier alpha value is -3.37. The van der Waals surface area contributed by atoms with Crippen molar-refractivity contribution >= 4 is 52.2 Å². The van der Waals surface area contributed by atoms with E-state index in [1.54, 1.807) is 77.6 Å². The minimum Gasteiger partial charge on any atom is -0.456 e. The average Bonchev–Trinajstić information content (AvgIpc) is 3.57. The van der Waals surface area contributed by atoms with Gasteiger partial charge in [0.1, 0.15) is 43.2 Å². The summed E-state index contributed by atoms with van der Waals surface area (Å²) in [7, 11) is 0. The van der Waals surface area contributed by atoms with Gasteiger partial charge >= 0.3 is 5.97 Å². The monoisotopic (exact) mass is 633 g/mol. The highest BCUT2D eigenvalue weighted by molar-refractivity contribution is 14.1. The van der Waals surface area contributed by atoms with Crippen molar-refractivity contribution in [3.63, 3.8) is 0 Å². The summed E-state index contributed by atoms with van der Waals surface area (Å²) in [6, 6.07) is 17.4. The van der Waals surface area contributed by atoms with E-state index in [2.05, 4.69) is 23.8 Å². The zero-order valence-electron chi connectivity index (χ0n) is 19.9. The molecule has 0 bridgehead atoms. The van der Waals surface area contributed by atoms with E-state index in [0.717, 1.165) is 0 Å². The predicted octanol–water partition coefficient (Wildman–Crippen LogP) is 2.92. The molecular formula is C25H24IN5O7. The molecule has 0 aliphatic carbocycles. The molecule has 1 fully saturated rings. The first kappa shape index (κ1) is 26.2. The largest absolute Gasteiger partial charge is 0.456 e. The van der Waals surface area contributed by atoms with Gasteiger partial charge in [0.25, 0.3) is 5.91 Å². The van der Waals surface area contributed by atoms with E-state index in [-0.39, 0.29) is 18.9 Å². The number of hydrogen-bond donors (Lipinski definition) is 3. The Labute approximate surface area is 231 Å². The Morgan fingerprint density at radius 1 is 1.13 bits per heavy atom. The zero-order chi connectivity index (χ0) is 26.5. The number of amides is 1. The second-order valence-corrected chi connectivity index (χ2v) is 8.92. The van der Waals surface area contributed by atoms with Crippen LogP contribution in [0.2, 0.25) is 0 Å². The Balaban J connectivity index is 1.34. The molecule has 1 aromatic heterocycles. The van der Waals surface area contributed by atoms with Gasteiger partial charge in [-0.05, 0) is 24.3 Å². The molecule has 5 rings (SSSR count). The van der Waals surface area contributed by atoms with E-state index in [4.69, 9.17) is 14.4 Å². The molecule has 4 atom stereocenters. The molecule has 2 aliphatic rings. The van der Waals surface area contributed by atoms with Crippen LogP contribution in [-0.2, 0) is 17.6 Å². The number of aromatic nitrogens is 2. The van der Waals surface area contributed by atoms with Crippen molar-refractivity contribution < 1.29 is 32.3 Å². The van der Waals surface area contributed by atoms with E-state index in [1.165, 1.54) is 6.33 Å². The molecule has 0 radical (unpaired) electrons. The predicted molar refractivity (Wildman–Crippen MR) is 143 cm³/mol. The molecule has 1 amide bonds. The average molecular weight is 633 g/mol. The van der Waals surface area contributed by atoms with E-state index < -0.39 is 30.5 Å². The molecule has 38 heavy (non-hydrogen) atoms. The number of halogens is 1. The zero-order valence-corrected chi connectivity index (χ0v) is 22.1. The van der Waals surface area contributed by atoms with Gasteiger partial charge in [0.15, 0.2) is 34.6 Å². The van der Waals surface area contributed by atoms with Crippen LogP contribution in [0.4, 0.5) is 17.3 Å². The molecule has 13 heteroatoms. The Kier molecular flexibility index (Phi) is 8.29. The number of anilines is 3. The highest BCUT2D eigenvalue weighted by atomic mass is 127. The number of nitrogens with one attached hydrogen (secondary N) is 2. The Morgan fingerprint density at radius 3 is 2.55 bits per heavy atom. The fourth-order valence-electron chi connectivity index (χ4n) is 4.38. The van der Waals surface area contributed by atoms with Crippen molar-refractivity contribution in [3.8, 4) is 0 Å². The van der Waals surface area contributed by atoms with Crippen molar-refractivity contribution in [2.45, 2.75) is 31.0 Å². The molecule has 0 saturated carbocycles. The number of fused-ring (bicyclic) bond motifs is 1. The van der Waals surface area contributed by atoms with Crippen LogP contribution in [-0.4, -0.2) is 64.8 Å². The van der Waals surface area contributed by atoms with Gasteiger partial charge in [-0.3, -0.25) is 4.79 Å². The molecular weight excluding hydrogens is 609 g/mol. The van der Waals surface area contributed by atoms with Gasteiger partial charge in [0.05, 0.1) is 12.2 Å². The SMILES string of the molecule is O=C(Nc1ncnc2c1NCN2C1C[C@@H](OC(=O)c2ccccc2)C(C(O)COOI)O1)c1ccccc1. The lowest BCUT2D eigenvalue weighted by atomic mass is 10.1. The number of carbonyl (C=O) groups excluding carboxylic acids is 2. The molecule has 198 valence electrons. The first-order valence-electron chi connectivity index (χ1n) is 11.8.